The van der Waals surface area contributed by atoms with Crippen molar-refractivity contribution in [2.75, 3.05) is 33.0 Å². The summed E-state index contributed by atoms with van der Waals surface area (Å²) in [4.78, 5) is 5.95. The Morgan fingerprint density at radius 1 is 0.872 bits per heavy atom. The van der Waals surface area contributed by atoms with Crippen molar-refractivity contribution < 1.29 is 26.3 Å². The third-order valence-electron chi connectivity index (χ3n) is 6.93. The Kier molecular flexibility index (Phi) is 16.1. The minimum atomic E-state index is -1.02. The molecule has 0 saturated heterocycles. The third-order valence-corrected chi connectivity index (χ3v) is 9.45. The second-order valence-electron chi connectivity index (χ2n) is 10.9. The maximum atomic E-state index is 11.8. The topological polar surface area (TPSA) is 44.6 Å². The van der Waals surface area contributed by atoms with Gasteiger partial charge in [0.05, 0.1) is 20.6 Å². The number of benzene rings is 2. The van der Waals surface area contributed by atoms with Crippen LogP contribution in [0.25, 0.3) is 10.1 Å². The average molecular weight is 591 g/mol. The molecule has 216 valence electrons. The summed E-state index contributed by atoms with van der Waals surface area (Å²) in [5.74, 6) is 0.535. The zero-order chi connectivity index (χ0) is 27.1. The number of rotatable bonds is 14. The van der Waals surface area contributed by atoms with Crippen LogP contribution in [0.15, 0.2) is 65.8 Å². The molecule has 1 unspecified atom stereocenters. The van der Waals surface area contributed by atoms with E-state index >= 15 is 0 Å². The first-order valence-electron chi connectivity index (χ1n) is 14.4. The number of nitrogens with zero attached hydrogens (tertiary/aromatic N) is 2. The molecule has 0 radical (unpaired) electrons. The Morgan fingerprint density at radius 2 is 1.49 bits per heavy atom. The van der Waals surface area contributed by atoms with Crippen molar-refractivity contribution >= 4 is 37.6 Å². The number of fused-ring (bicyclic) bond motifs is 1. The van der Waals surface area contributed by atoms with Gasteiger partial charge in [-0.1, -0.05) is 107 Å². The van der Waals surface area contributed by atoms with Crippen LogP contribution in [-0.2, 0) is 22.6 Å². The molecule has 2 aromatic carbocycles. The van der Waals surface area contributed by atoms with Crippen LogP contribution in [0.2, 0.25) is 0 Å². The van der Waals surface area contributed by atoms with Gasteiger partial charge in [0.25, 0.3) is 5.04 Å². The summed E-state index contributed by atoms with van der Waals surface area (Å²) in [5.41, 5.74) is 1.46. The number of hydrogen-bond acceptors (Lipinski definition) is 4. The van der Waals surface area contributed by atoms with Crippen molar-refractivity contribution in [3.8, 4) is 0 Å². The lowest BCUT2D eigenvalue weighted by molar-refractivity contribution is -0.903. The molecule has 1 atom stereocenters. The second-order valence-corrected chi connectivity index (χ2v) is 13.5. The standard InChI is InChI=1S/C21H38N.C11H9NO2S2.ClH/c1-4-5-6-7-8-9-10-11-12-16-19-22(2,3)20-21-17-14-13-15-18-21;13-16-6-5-14-12-11(16)10-7-8-3-1-2-4-9(8)15-10;/h13-15,17-18H,4-12,16,19-20H2,1-3H3;1-4,7H,5-6H2;1H/q+1;;/p-1. The Hall–Kier alpha value is -1.57. The molecule has 0 aliphatic carbocycles. The van der Waals surface area contributed by atoms with Crippen LogP contribution in [0.5, 0.6) is 0 Å². The van der Waals surface area contributed by atoms with E-state index in [2.05, 4.69) is 62.6 Å². The van der Waals surface area contributed by atoms with Crippen molar-refractivity contribution in [2.24, 2.45) is 5.16 Å². The highest BCUT2D eigenvalue weighted by Gasteiger charge is 2.25. The smallest absolute Gasteiger partial charge is 0.295 e. The normalized spacial score (nSPS) is 15.1. The molecular formula is C32H47ClN2O2S2. The first kappa shape index (κ1) is 33.6. The van der Waals surface area contributed by atoms with Gasteiger partial charge >= 0.3 is 0 Å². The van der Waals surface area contributed by atoms with Crippen LogP contribution in [0, 0.1) is 0 Å². The van der Waals surface area contributed by atoms with Crippen LogP contribution < -0.4 is 12.4 Å². The van der Waals surface area contributed by atoms with Gasteiger partial charge in [-0.15, -0.1) is 11.3 Å². The predicted octanol–water partition coefficient (Wildman–Crippen LogP) is 5.53. The fourth-order valence-corrected chi connectivity index (χ4v) is 6.96. The number of halogens is 1. The lowest BCUT2D eigenvalue weighted by Gasteiger charge is -2.30. The minimum Gasteiger partial charge on any atom is -1.00 e. The van der Waals surface area contributed by atoms with Gasteiger partial charge in [-0.2, -0.15) is 0 Å². The first-order chi connectivity index (χ1) is 18.5. The molecule has 3 aromatic rings. The number of hydrogen-bond donors (Lipinski definition) is 0. The summed E-state index contributed by atoms with van der Waals surface area (Å²) in [6.45, 7) is 5.18. The molecule has 0 N–H and O–H groups in total. The van der Waals surface area contributed by atoms with Gasteiger partial charge in [-0.3, -0.25) is 0 Å². The molecule has 39 heavy (non-hydrogen) atoms. The zero-order valence-electron chi connectivity index (χ0n) is 24.1. The average Bonchev–Trinajstić information content (AvgIpc) is 3.35. The number of oxime groups is 1. The highest BCUT2D eigenvalue weighted by Crippen LogP contribution is 2.28. The van der Waals surface area contributed by atoms with Gasteiger partial charge in [0, 0.05) is 21.4 Å². The summed E-state index contributed by atoms with van der Waals surface area (Å²) >= 11 is 0.583. The van der Waals surface area contributed by atoms with Crippen LogP contribution in [0.4, 0.5) is 0 Å². The number of thiophene rings is 1. The van der Waals surface area contributed by atoms with E-state index in [0.29, 0.717) is 17.4 Å². The molecule has 4 rings (SSSR count). The van der Waals surface area contributed by atoms with E-state index in [1.807, 2.05) is 24.3 Å². The highest BCUT2D eigenvalue weighted by molar-refractivity contribution is 8.07. The summed E-state index contributed by atoms with van der Waals surface area (Å²) in [7, 11) is 4.72. The SMILES string of the molecule is CCCCCCCCCCCC[N+](C)(C)Cc1ccccc1.[Cl-].[O-][S+]1CCON=C1c1cc2ccccc2s1. The van der Waals surface area contributed by atoms with E-state index in [1.54, 1.807) is 11.3 Å². The van der Waals surface area contributed by atoms with Gasteiger partial charge in [0.1, 0.15) is 17.2 Å². The maximum Gasteiger partial charge on any atom is 0.295 e. The maximum absolute atomic E-state index is 11.8. The number of quaternary nitrogens is 1. The fraction of sp³-hybridized carbons (Fsp3) is 0.531. The lowest BCUT2D eigenvalue weighted by atomic mass is 10.1. The van der Waals surface area contributed by atoms with Crippen molar-refractivity contribution in [3.63, 3.8) is 0 Å². The van der Waals surface area contributed by atoms with Crippen molar-refractivity contribution in [3.05, 3.63) is 71.1 Å². The Balaban J connectivity index is 0.000000277. The van der Waals surface area contributed by atoms with Gasteiger partial charge < -0.3 is 26.3 Å². The lowest BCUT2D eigenvalue weighted by Crippen LogP contribution is -3.00. The molecule has 1 aromatic heterocycles. The quantitative estimate of drug-likeness (QED) is 0.141. The minimum absolute atomic E-state index is 0. The zero-order valence-corrected chi connectivity index (χ0v) is 26.5. The van der Waals surface area contributed by atoms with Gasteiger partial charge in [0.2, 0.25) is 0 Å². The van der Waals surface area contributed by atoms with Gasteiger partial charge in [-0.05, 0) is 35.5 Å². The van der Waals surface area contributed by atoms with E-state index in [0.717, 1.165) is 21.3 Å². The summed E-state index contributed by atoms with van der Waals surface area (Å²) < 4.78 is 14.1. The van der Waals surface area contributed by atoms with E-state index in [1.165, 1.54) is 81.0 Å². The van der Waals surface area contributed by atoms with E-state index < -0.39 is 11.2 Å². The molecule has 0 spiro atoms. The van der Waals surface area contributed by atoms with Crippen molar-refractivity contribution in [1.82, 2.24) is 0 Å². The van der Waals surface area contributed by atoms with Crippen molar-refractivity contribution in [2.45, 2.75) is 77.7 Å². The Morgan fingerprint density at radius 3 is 2.13 bits per heavy atom. The summed E-state index contributed by atoms with van der Waals surface area (Å²) in [6, 6.07) is 21.0. The molecule has 1 aliphatic rings. The molecule has 0 saturated carbocycles. The molecule has 1 aliphatic heterocycles. The third kappa shape index (κ3) is 12.6. The first-order valence-corrected chi connectivity index (χ1v) is 16.6. The van der Waals surface area contributed by atoms with Crippen LogP contribution in [0.1, 0.15) is 81.6 Å². The Labute approximate surface area is 250 Å². The molecule has 0 amide bonds. The second kappa shape index (κ2) is 18.7. The van der Waals surface area contributed by atoms with Gasteiger partial charge in [0.15, 0.2) is 6.61 Å². The largest absolute Gasteiger partial charge is 1.00 e. The monoisotopic (exact) mass is 590 g/mol. The number of unbranched alkanes of at least 4 members (excludes halogenated alkanes) is 9. The van der Waals surface area contributed by atoms with Crippen LogP contribution in [-0.4, -0.2) is 47.1 Å². The Bertz CT molecular complexity index is 1050. The van der Waals surface area contributed by atoms with E-state index in [-0.39, 0.29) is 12.4 Å². The van der Waals surface area contributed by atoms with Crippen LogP contribution >= 0.6 is 11.3 Å². The molecule has 2 heterocycles. The van der Waals surface area contributed by atoms with Crippen LogP contribution in [0.3, 0.4) is 0 Å². The van der Waals surface area contributed by atoms with E-state index in [9.17, 15) is 4.55 Å². The molecule has 4 nitrogen and oxygen atoms in total. The van der Waals surface area contributed by atoms with Gasteiger partial charge in [-0.25, -0.2) is 0 Å². The van der Waals surface area contributed by atoms with E-state index in [4.69, 9.17) is 4.84 Å². The van der Waals surface area contributed by atoms with Crippen molar-refractivity contribution in [1.29, 1.82) is 0 Å². The highest BCUT2D eigenvalue weighted by atomic mass is 35.5. The molecule has 0 bridgehead atoms. The fourth-order valence-electron chi connectivity index (χ4n) is 4.78. The summed E-state index contributed by atoms with van der Waals surface area (Å²) in [5, 5.41) is 5.64. The predicted molar refractivity (Wildman–Crippen MR) is 166 cm³/mol. The molecular weight excluding hydrogens is 544 g/mol. The summed E-state index contributed by atoms with van der Waals surface area (Å²) in [6.07, 6.45) is 14.2. The molecule has 0 fully saturated rings. The molecule has 7 heteroatoms.